The summed E-state index contributed by atoms with van der Waals surface area (Å²) in [6.07, 6.45) is 6.12. The highest BCUT2D eigenvalue weighted by Gasteiger charge is 2.16. The average Bonchev–Trinajstić information content (AvgIpc) is 2.73. The SMILES string of the molecule is Clc1cccc(Nc2cc(-c3ccccc3)nc(NC3CCCCC3)n2)c1Cl. The standard InChI is InChI=1S/C22H22Cl2N4/c23-17-12-7-13-18(21(17)24)26-20-14-19(15-8-3-1-4-9-15)27-22(28-20)25-16-10-5-2-6-11-16/h1,3-4,7-9,12-14,16H,2,5-6,10-11H2,(H2,25,26,27,28). The van der Waals surface area contributed by atoms with Crippen molar-refractivity contribution in [2.24, 2.45) is 0 Å². The van der Waals surface area contributed by atoms with E-state index >= 15 is 0 Å². The molecular formula is C22H22Cl2N4. The van der Waals surface area contributed by atoms with Crippen LogP contribution in [0.3, 0.4) is 0 Å². The zero-order chi connectivity index (χ0) is 19.3. The van der Waals surface area contributed by atoms with Gasteiger partial charge in [0.25, 0.3) is 0 Å². The van der Waals surface area contributed by atoms with Gasteiger partial charge in [-0.05, 0) is 25.0 Å². The van der Waals surface area contributed by atoms with Gasteiger partial charge in [0, 0.05) is 17.7 Å². The number of nitrogens with one attached hydrogen (secondary N) is 2. The van der Waals surface area contributed by atoms with Gasteiger partial charge in [0.05, 0.1) is 21.4 Å². The van der Waals surface area contributed by atoms with Gasteiger partial charge in [0.1, 0.15) is 5.82 Å². The quantitative estimate of drug-likeness (QED) is 0.476. The lowest BCUT2D eigenvalue weighted by Gasteiger charge is -2.23. The Morgan fingerprint density at radius 2 is 1.64 bits per heavy atom. The maximum atomic E-state index is 6.34. The molecule has 0 bridgehead atoms. The molecule has 0 radical (unpaired) electrons. The molecule has 1 heterocycles. The number of nitrogens with zero attached hydrogens (tertiary/aromatic N) is 2. The van der Waals surface area contributed by atoms with Crippen molar-refractivity contribution in [1.82, 2.24) is 9.97 Å². The number of rotatable bonds is 5. The molecule has 1 aromatic heterocycles. The molecule has 3 aromatic rings. The molecule has 0 amide bonds. The van der Waals surface area contributed by atoms with Gasteiger partial charge in [-0.3, -0.25) is 0 Å². The van der Waals surface area contributed by atoms with E-state index in [1.165, 1.54) is 19.3 Å². The van der Waals surface area contributed by atoms with E-state index < -0.39 is 0 Å². The molecule has 1 fully saturated rings. The molecule has 4 rings (SSSR count). The monoisotopic (exact) mass is 412 g/mol. The zero-order valence-corrected chi connectivity index (χ0v) is 17.0. The summed E-state index contributed by atoms with van der Waals surface area (Å²) < 4.78 is 0. The summed E-state index contributed by atoms with van der Waals surface area (Å²) in [4.78, 5) is 9.44. The first kappa shape index (κ1) is 19.0. The van der Waals surface area contributed by atoms with E-state index in [1.54, 1.807) is 6.07 Å². The minimum atomic E-state index is 0.419. The molecule has 0 atom stereocenters. The second-order valence-electron chi connectivity index (χ2n) is 7.03. The van der Waals surface area contributed by atoms with Crippen LogP contribution in [-0.2, 0) is 0 Å². The molecule has 0 aliphatic heterocycles. The molecule has 0 saturated heterocycles. The minimum absolute atomic E-state index is 0.419. The van der Waals surface area contributed by atoms with Crippen LogP contribution in [0.2, 0.25) is 10.0 Å². The molecule has 4 nitrogen and oxygen atoms in total. The first-order chi connectivity index (χ1) is 13.7. The fourth-order valence-electron chi connectivity index (χ4n) is 3.50. The highest BCUT2D eigenvalue weighted by Crippen LogP contribution is 2.32. The molecule has 6 heteroatoms. The summed E-state index contributed by atoms with van der Waals surface area (Å²) >= 11 is 12.5. The first-order valence-electron chi connectivity index (χ1n) is 9.61. The number of aromatic nitrogens is 2. The summed E-state index contributed by atoms with van der Waals surface area (Å²) in [6.45, 7) is 0. The Balaban J connectivity index is 1.68. The van der Waals surface area contributed by atoms with Crippen molar-refractivity contribution in [2.75, 3.05) is 10.6 Å². The lowest BCUT2D eigenvalue weighted by Crippen LogP contribution is -2.23. The van der Waals surface area contributed by atoms with Gasteiger partial charge in [-0.15, -0.1) is 0 Å². The van der Waals surface area contributed by atoms with Crippen LogP contribution in [-0.4, -0.2) is 16.0 Å². The summed E-state index contributed by atoms with van der Waals surface area (Å²) in [5.41, 5.74) is 2.61. The predicted molar refractivity (Wildman–Crippen MR) is 118 cm³/mol. The Morgan fingerprint density at radius 3 is 2.43 bits per heavy atom. The Labute approximate surface area is 175 Å². The second kappa shape index (κ2) is 8.80. The van der Waals surface area contributed by atoms with Crippen molar-refractivity contribution in [1.29, 1.82) is 0 Å². The molecule has 2 aromatic carbocycles. The van der Waals surface area contributed by atoms with Crippen LogP contribution in [0.1, 0.15) is 32.1 Å². The van der Waals surface area contributed by atoms with Crippen LogP contribution in [0.15, 0.2) is 54.6 Å². The molecule has 0 spiro atoms. The van der Waals surface area contributed by atoms with E-state index in [0.29, 0.717) is 27.9 Å². The van der Waals surface area contributed by atoms with Gasteiger partial charge in [-0.2, -0.15) is 4.98 Å². The molecule has 1 aliphatic rings. The Hall–Kier alpha value is -2.30. The van der Waals surface area contributed by atoms with Crippen molar-refractivity contribution in [3.63, 3.8) is 0 Å². The molecular weight excluding hydrogens is 391 g/mol. The summed E-state index contributed by atoms with van der Waals surface area (Å²) in [6, 6.07) is 18.0. The van der Waals surface area contributed by atoms with Crippen molar-refractivity contribution < 1.29 is 0 Å². The third-order valence-corrected chi connectivity index (χ3v) is 5.77. The summed E-state index contributed by atoms with van der Waals surface area (Å²) in [7, 11) is 0. The molecule has 2 N–H and O–H groups in total. The third kappa shape index (κ3) is 4.57. The lowest BCUT2D eigenvalue weighted by atomic mass is 9.96. The Kier molecular flexibility index (Phi) is 5.98. The number of anilines is 3. The smallest absolute Gasteiger partial charge is 0.225 e. The van der Waals surface area contributed by atoms with Gasteiger partial charge in [-0.1, -0.05) is 78.9 Å². The van der Waals surface area contributed by atoms with Gasteiger partial charge in [0.2, 0.25) is 5.95 Å². The van der Waals surface area contributed by atoms with Crippen molar-refractivity contribution >= 4 is 40.7 Å². The lowest BCUT2D eigenvalue weighted by molar-refractivity contribution is 0.461. The van der Waals surface area contributed by atoms with Gasteiger partial charge in [0.15, 0.2) is 0 Å². The van der Waals surface area contributed by atoms with Crippen molar-refractivity contribution in [3.8, 4) is 11.3 Å². The molecule has 0 unspecified atom stereocenters. The molecule has 144 valence electrons. The second-order valence-corrected chi connectivity index (χ2v) is 7.82. The van der Waals surface area contributed by atoms with Crippen LogP contribution in [0.4, 0.5) is 17.5 Å². The number of halogens is 2. The van der Waals surface area contributed by atoms with Crippen LogP contribution >= 0.6 is 23.2 Å². The maximum absolute atomic E-state index is 6.34. The number of hydrogen-bond acceptors (Lipinski definition) is 4. The maximum Gasteiger partial charge on any atom is 0.225 e. The van der Waals surface area contributed by atoms with E-state index in [2.05, 4.69) is 15.6 Å². The van der Waals surface area contributed by atoms with E-state index in [-0.39, 0.29) is 0 Å². The normalized spacial score (nSPS) is 14.6. The summed E-state index contributed by atoms with van der Waals surface area (Å²) in [5.74, 6) is 1.31. The minimum Gasteiger partial charge on any atom is -0.351 e. The first-order valence-corrected chi connectivity index (χ1v) is 10.4. The highest BCUT2D eigenvalue weighted by atomic mass is 35.5. The fourth-order valence-corrected chi connectivity index (χ4v) is 3.85. The van der Waals surface area contributed by atoms with Crippen LogP contribution in [0.25, 0.3) is 11.3 Å². The zero-order valence-electron chi connectivity index (χ0n) is 15.5. The van der Waals surface area contributed by atoms with Crippen molar-refractivity contribution in [2.45, 2.75) is 38.1 Å². The van der Waals surface area contributed by atoms with Gasteiger partial charge >= 0.3 is 0 Å². The Morgan fingerprint density at radius 1 is 0.857 bits per heavy atom. The summed E-state index contributed by atoms with van der Waals surface area (Å²) in [5, 5.41) is 7.80. The van der Waals surface area contributed by atoms with Crippen LogP contribution in [0, 0.1) is 0 Å². The molecule has 1 saturated carbocycles. The number of benzene rings is 2. The van der Waals surface area contributed by atoms with E-state index in [9.17, 15) is 0 Å². The largest absolute Gasteiger partial charge is 0.351 e. The number of hydrogen-bond donors (Lipinski definition) is 2. The van der Waals surface area contributed by atoms with Crippen LogP contribution in [0.5, 0.6) is 0 Å². The molecule has 1 aliphatic carbocycles. The average molecular weight is 413 g/mol. The van der Waals surface area contributed by atoms with Crippen molar-refractivity contribution in [3.05, 3.63) is 64.6 Å². The predicted octanol–water partition coefficient (Wildman–Crippen LogP) is 6.94. The topological polar surface area (TPSA) is 49.8 Å². The third-order valence-electron chi connectivity index (χ3n) is 4.95. The molecule has 28 heavy (non-hydrogen) atoms. The van der Waals surface area contributed by atoms with E-state index in [0.717, 1.165) is 29.8 Å². The van der Waals surface area contributed by atoms with E-state index in [1.807, 2.05) is 48.5 Å². The fraction of sp³-hybridized carbons (Fsp3) is 0.273. The van der Waals surface area contributed by atoms with Gasteiger partial charge in [-0.25, -0.2) is 4.98 Å². The Bertz CT molecular complexity index is 941. The van der Waals surface area contributed by atoms with Gasteiger partial charge < -0.3 is 10.6 Å². The van der Waals surface area contributed by atoms with E-state index in [4.69, 9.17) is 28.2 Å². The van der Waals surface area contributed by atoms with Crippen LogP contribution < -0.4 is 10.6 Å². The highest BCUT2D eigenvalue weighted by molar-refractivity contribution is 6.43.